The Bertz CT molecular complexity index is 1270. The number of carbonyl (C=O) groups excluding carboxylic acids is 2. The van der Waals surface area contributed by atoms with E-state index in [0.29, 0.717) is 33.8 Å². The number of fused-ring (bicyclic) bond motifs is 2. The molecule has 204 valence electrons. The third-order valence-corrected chi connectivity index (χ3v) is 7.46. The Hall–Kier alpha value is -2.88. The fourth-order valence-corrected chi connectivity index (χ4v) is 6.97. The first-order valence-corrected chi connectivity index (χ1v) is 13.7. The van der Waals surface area contributed by atoms with Gasteiger partial charge in [0.1, 0.15) is 11.5 Å². The molecule has 0 aromatic heterocycles. The lowest BCUT2D eigenvalue weighted by Gasteiger charge is -2.34. The van der Waals surface area contributed by atoms with Crippen LogP contribution in [-0.4, -0.2) is 11.9 Å². The SMILES string of the molecule is Cc1cc2c(c(C(C)(C)CC(C)(C)C)c1)OC(=O)C2=C1C(=O)Oc2c1cc(C)cc2C(C)(C)CC(C)(C)C. The Labute approximate surface area is 228 Å². The number of rotatable bonds is 4. The van der Waals surface area contributed by atoms with Crippen LogP contribution in [0, 0.1) is 24.7 Å². The molecule has 2 aromatic rings. The zero-order chi connectivity index (χ0) is 28.6. The van der Waals surface area contributed by atoms with Crippen LogP contribution in [0.4, 0.5) is 0 Å². The summed E-state index contributed by atoms with van der Waals surface area (Å²) in [6, 6.07) is 8.16. The van der Waals surface area contributed by atoms with Crippen molar-refractivity contribution in [3.8, 4) is 11.5 Å². The molecule has 4 heteroatoms. The number of benzene rings is 2. The van der Waals surface area contributed by atoms with E-state index in [0.717, 1.165) is 35.1 Å². The average Bonchev–Trinajstić information content (AvgIpc) is 3.17. The molecule has 0 unspecified atom stereocenters. The molecule has 0 bridgehead atoms. The average molecular weight is 517 g/mol. The van der Waals surface area contributed by atoms with Crippen LogP contribution in [-0.2, 0) is 20.4 Å². The lowest BCUT2D eigenvalue weighted by atomic mass is 9.71. The Kier molecular flexibility index (Phi) is 6.53. The summed E-state index contributed by atoms with van der Waals surface area (Å²) in [6.07, 6.45) is 1.82. The minimum absolute atomic E-state index is 0.0893. The van der Waals surface area contributed by atoms with Crippen LogP contribution in [0.3, 0.4) is 0 Å². The standard InChI is InChI=1S/C34H44O4/c1-19-13-21-25(29(35)37-27(21)23(15-19)33(9,10)17-31(3,4)5)26-22-14-20(2)16-24(28(22)38-30(26)36)34(11,12)18-32(6,7)8/h13-16H,17-18H2,1-12H3. The summed E-state index contributed by atoms with van der Waals surface area (Å²) in [5.41, 5.74) is 5.75. The lowest BCUT2D eigenvalue weighted by molar-refractivity contribution is -0.129. The van der Waals surface area contributed by atoms with Gasteiger partial charge in [0, 0.05) is 22.3 Å². The summed E-state index contributed by atoms with van der Waals surface area (Å²) in [7, 11) is 0. The largest absolute Gasteiger partial charge is 0.422 e. The monoisotopic (exact) mass is 516 g/mol. The highest BCUT2D eigenvalue weighted by Crippen LogP contribution is 2.52. The lowest BCUT2D eigenvalue weighted by Crippen LogP contribution is -2.25. The molecule has 38 heavy (non-hydrogen) atoms. The van der Waals surface area contributed by atoms with Crippen LogP contribution in [0.1, 0.15) is 115 Å². The third-order valence-electron chi connectivity index (χ3n) is 7.46. The van der Waals surface area contributed by atoms with E-state index in [9.17, 15) is 9.59 Å². The quantitative estimate of drug-likeness (QED) is 0.232. The fourth-order valence-electron chi connectivity index (χ4n) is 6.97. The van der Waals surface area contributed by atoms with Crippen molar-refractivity contribution in [3.63, 3.8) is 0 Å². The normalized spacial score (nSPS) is 17.9. The van der Waals surface area contributed by atoms with Gasteiger partial charge in [-0.05, 0) is 71.6 Å². The van der Waals surface area contributed by atoms with Gasteiger partial charge in [-0.25, -0.2) is 9.59 Å². The number of esters is 2. The van der Waals surface area contributed by atoms with Crippen molar-refractivity contribution in [2.45, 2.75) is 107 Å². The highest BCUT2D eigenvalue weighted by atomic mass is 16.5. The summed E-state index contributed by atoms with van der Waals surface area (Å²) in [6.45, 7) is 26.1. The zero-order valence-corrected chi connectivity index (χ0v) is 25.4. The van der Waals surface area contributed by atoms with E-state index < -0.39 is 11.9 Å². The molecule has 4 rings (SSSR count). The summed E-state index contributed by atoms with van der Waals surface area (Å²) in [5.74, 6) is 0.157. The molecule has 0 N–H and O–H groups in total. The first kappa shape index (κ1) is 28.1. The second-order valence-corrected chi connectivity index (χ2v) is 15.2. The van der Waals surface area contributed by atoms with Gasteiger partial charge < -0.3 is 9.47 Å². The van der Waals surface area contributed by atoms with E-state index in [1.165, 1.54) is 0 Å². The summed E-state index contributed by atoms with van der Waals surface area (Å²) in [5, 5.41) is 0. The Morgan fingerprint density at radius 1 is 0.553 bits per heavy atom. The van der Waals surface area contributed by atoms with Gasteiger partial charge in [-0.15, -0.1) is 0 Å². The Morgan fingerprint density at radius 2 is 0.868 bits per heavy atom. The minimum atomic E-state index is -0.491. The van der Waals surface area contributed by atoms with Gasteiger partial charge in [0.15, 0.2) is 0 Å². The molecule has 2 aromatic carbocycles. The number of aryl methyl sites for hydroxylation is 2. The third kappa shape index (κ3) is 5.19. The molecule has 0 fully saturated rings. The molecule has 0 radical (unpaired) electrons. The smallest absolute Gasteiger partial charge is 0.345 e. The number of carbonyl (C=O) groups is 2. The van der Waals surface area contributed by atoms with E-state index in [4.69, 9.17) is 9.47 Å². The van der Waals surface area contributed by atoms with Gasteiger partial charge in [0.05, 0.1) is 11.1 Å². The molecular formula is C34H44O4. The predicted molar refractivity (Wildman–Crippen MR) is 155 cm³/mol. The molecule has 0 saturated carbocycles. The van der Waals surface area contributed by atoms with Crippen LogP contribution in [0.15, 0.2) is 24.3 Å². The molecule has 2 aliphatic rings. The van der Waals surface area contributed by atoms with Crippen LogP contribution < -0.4 is 9.47 Å². The van der Waals surface area contributed by atoms with Gasteiger partial charge in [-0.1, -0.05) is 81.4 Å². The maximum Gasteiger partial charge on any atom is 0.345 e. The molecule has 2 aliphatic heterocycles. The maximum absolute atomic E-state index is 13.5. The molecule has 0 aliphatic carbocycles. The maximum atomic E-state index is 13.5. The topological polar surface area (TPSA) is 52.6 Å². The van der Waals surface area contributed by atoms with Gasteiger partial charge in [0.2, 0.25) is 0 Å². The summed E-state index contributed by atoms with van der Waals surface area (Å²) < 4.78 is 11.9. The second kappa shape index (κ2) is 8.83. The van der Waals surface area contributed by atoms with Gasteiger partial charge >= 0.3 is 11.9 Å². The van der Waals surface area contributed by atoms with E-state index in [1.807, 2.05) is 26.0 Å². The first-order chi connectivity index (χ1) is 17.2. The van der Waals surface area contributed by atoms with E-state index in [2.05, 4.69) is 81.4 Å². The van der Waals surface area contributed by atoms with Crippen molar-refractivity contribution in [1.29, 1.82) is 0 Å². The van der Waals surface area contributed by atoms with Gasteiger partial charge in [-0.3, -0.25) is 0 Å². The highest BCUT2D eigenvalue weighted by molar-refractivity contribution is 6.41. The summed E-state index contributed by atoms with van der Waals surface area (Å²) in [4.78, 5) is 27.0. The van der Waals surface area contributed by atoms with Crippen molar-refractivity contribution in [3.05, 3.63) is 57.6 Å². The molecule has 0 atom stereocenters. The van der Waals surface area contributed by atoms with Crippen molar-refractivity contribution in [2.24, 2.45) is 10.8 Å². The fraction of sp³-hybridized carbons (Fsp3) is 0.529. The Morgan fingerprint density at radius 3 is 1.16 bits per heavy atom. The van der Waals surface area contributed by atoms with E-state index >= 15 is 0 Å². The molecule has 0 amide bonds. The number of ether oxygens (including phenoxy) is 2. The number of hydrogen-bond donors (Lipinski definition) is 0. The Balaban J connectivity index is 1.96. The van der Waals surface area contributed by atoms with Crippen molar-refractivity contribution < 1.29 is 19.1 Å². The van der Waals surface area contributed by atoms with E-state index in [-0.39, 0.29) is 21.7 Å². The van der Waals surface area contributed by atoms with Gasteiger partial charge in [0.25, 0.3) is 0 Å². The van der Waals surface area contributed by atoms with Crippen LogP contribution in [0.25, 0.3) is 11.1 Å². The molecule has 2 heterocycles. The number of hydrogen-bond acceptors (Lipinski definition) is 4. The first-order valence-electron chi connectivity index (χ1n) is 13.7. The molecular weight excluding hydrogens is 472 g/mol. The highest BCUT2D eigenvalue weighted by Gasteiger charge is 2.44. The predicted octanol–water partition coefficient (Wildman–Crippen LogP) is 8.48. The molecule has 4 nitrogen and oxygen atoms in total. The van der Waals surface area contributed by atoms with Crippen LogP contribution in [0.2, 0.25) is 0 Å². The van der Waals surface area contributed by atoms with Gasteiger partial charge in [-0.2, -0.15) is 0 Å². The van der Waals surface area contributed by atoms with Crippen molar-refractivity contribution in [1.82, 2.24) is 0 Å². The molecule has 0 saturated heterocycles. The van der Waals surface area contributed by atoms with E-state index in [1.54, 1.807) is 0 Å². The van der Waals surface area contributed by atoms with Crippen LogP contribution >= 0.6 is 0 Å². The molecule has 0 spiro atoms. The second-order valence-electron chi connectivity index (χ2n) is 15.2. The van der Waals surface area contributed by atoms with Crippen molar-refractivity contribution in [2.75, 3.05) is 0 Å². The minimum Gasteiger partial charge on any atom is -0.422 e. The van der Waals surface area contributed by atoms with Crippen molar-refractivity contribution >= 4 is 23.1 Å². The summed E-state index contributed by atoms with van der Waals surface area (Å²) >= 11 is 0. The zero-order valence-electron chi connectivity index (χ0n) is 25.4. The van der Waals surface area contributed by atoms with Crippen LogP contribution in [0.5, 0.6) is 11.5 Å².